The number of hydrogen-bond donors (Lipinski definition) is 1. The number of hydrogen-bond acceptors (Lipinski definition) is 4. The molecule has 0 radical (unpaired) electrons. The fourth-order valence-electron chi connectivity index (χ4n) is 1.47. The standard InChI is InChI=1S/C13H17N3OS/c1-9(2)17-12-6-4-11(5-7-12)8-18-13-14-10(3)15-16-13/h4-7,9H,8H2,1-3H3,(H,14,15,16). The van der Waals surface area contributed by atoms with Crippen molar-refractivity contribution in [3.63, 3.8) is 0 Å². The van der Waals surface area contributed by atoms with E-state index in [0.717, 1.165) is 22.5 Å². The Morgan fingerprint density at radius 2 is 2.00 bits per heavy atom. The molecule has 0 fully saturated rings. The number of ether oxygens (including phenoxy) is 1. The minimum absolute atomic E-state index is 0.210. The summed E-state index contributed by atoms with van der Waals surface area (Å²) >= 11 is 1.62. The SMILES string of the molecule is Cc1nc(SCc2ccc(OC(C)C)cc2)n[nH]1. The summed E-state index contributed by atoms with van der Waals surface area (Å²) in [4.78, 5) is 4.25. The van der Waals surface area contributed by atoms with Crippen LogP contribution in [0, 0.1) is 6.92 Å². The van der Waals surface area contributed by atoms with Gasteiger partial charge >= 0.3 is 0 Å². The Hall–Kier alpha value is -1.49. The van der Waals surface area contributed by atoms with Gasteiger partial charge in [-0.15, -0.1) is 5.10 Å². The Balaban J connectivity index is 1.90. The lowest BCUT2D eigenvalue weighted by atomic mass is 10.2. The summed E-state index contributed by atoms with van der Waals surface area (Å²) in [5, 5.41) is 7.71. The highest BCUT2D eigenvalue weighted by Gasteiger charge is 2.02. The highest BCUT2D eigenvalue weighted by molar-refractivity contribution is 7.98. The Morgan fingerprint density at radius 3 is 2.56 bits per heavy atom. The highest BCUT2D eigenvalue weighted by Crippen LogP contribution is 2.21. The second-order valence-corrected chi connectivity index (χ2v) is 5.25. The van der Waals surface area contributed by atoms with E-state index in [0.29, 0.717) is 0 Å². The van der Waals surface area contributed by atoms with Gasteiger partial charge in [0.15, 0.2) is 0 Å². The van der Waals surface area contributed by atoms with Gasteiger partial charge in [-0.05, 0) is 38.5 Å². The predicted molar refractivity (Wildman–Crippen MR) is 72.9 cm³/mol. The lowest BCUT2D eigenvalue weighted by molar-refractivity contribution is 0.242. The molecule has 18 heavy (non-hydrogen) atoms. The molecule has 0 saturated carbocycles. The summed E-state index contributed by atoms with van der Waals surface area (Å²) in [6.07, 6.45) is 0.210. The molecule has 1 N–H and O–H groups in total. The van der Waals surface area contributed by atoms with Crippen molar-refractivity contribution >= 4 is 11.8 Å². The topological polar surface area (TPSA) is 50.8 Å². The molecule has 96 valence electrons. The molecule has 0 saturated heterocycles. The second kappa shape index (κ2) is 5.91. The maximum Gasteiger partial charge on any atom is 0.208 e. The summed E-state index contributed by atoms with van der Waals surface area (Å²) in [6, 6.07) is 8.15. The summed E-state index contributed by atoms with van der Waals surface area (Å²) in [6.45, 7) is 5.94. The minimum Gasteiger partial charge on any atom is -0.491 e. The van der Waals surface area contributed by atoms with Crippen LogP contribution in [-0.2, 0) is 5.75 Å². The average molecular weight is 263 g/mol. The first-order chi connectivity index (χ1) is 8.63. The number of nitrogens with one attached hydrogen (secondary N) is 1. The van der Waals surface area contributed by atoms with E-state index in [1.807, 2.05) is 32.9 Å². The predicted octanol–water partition coefficient (Wildman–Crippen LogP) is 3.19. The van der Waals surface area contributed by atoms with Crippen LogP contribution in [0.3, 0.4) is 0 Å². The molecule has 5 heteroatoms. The van der Waals surface area contributed by atoms with Crippen molar-refractivity contribution in [1.29, 1.82) is 0 Å². The number of aromatic amines is 1. The number of H-pyrrole nitrogens is 1. The van der Waals surface area contributed by atoms with Gasteiger partial charge in [0, 0.05) is 5.75 Å². The van der Waals surface area contributed by atoms with E-state index < -0.39 is 0 Å². The molecule has 0 aliphatic rings. The van der Waals surface area contributed by atoms with Crippen molar-refractivity contribution in [3.05, 3.63) is 35.7 Å². The monoisotopic (exact) mass is 263 g/mol. The van der Waals surface area contributed by atoms with Gasteiger partial charge in [-0.3, -0.25) is 5.10 Å². The minimum atomic E-state index is 0.210. The first-order valence-corrected chi connectivity index (χ1v) is 6.89. The summed E-state index contributed by atoms with van der Waals surface area (Å²) in [5.41, 5.74) is 1.23. The molecule has 0 bridgehead atoms. The van der Waals surface area contributed by atoms with Crippen molar-refractivity contribution in [2.24, 2.45) is 0 Å². The van der Waals surface area contributed by atoms with Crippen molar-refractivity contribution in [2.75, 3.05) is 0 Å². The number of aryl methyl sites for hydroxylation is 1. The van der Waals surface area contributed by atoms with E-state index in [1.54, 1.807) is 11.8 Å². The van der Waals surface area contributed by atoms with E-state index in [1.165, 1.54) is 5.56 Å². The number of nitrogens with zero attached hydrogens (tertiary/aromatic N) is 2. The van der Waals surface area contributed by atoms with Crippen LogP contribution >= 0.6 is 11.8 Å². The van der Waals surface area contributed by atoms with Crippen molar-refractivity contribution in [3.8, 4) is 5.75 Å². The third-order valence-electron chi connectivity index (χ3n) is 2.24. The summed E-state index contributed by atoms with van der Waals surface area (Å²) in [5.74, 6) is 2.62. The van der Waals surface area contributed by atoms with Crippen molar-refractivity contribution < 1.29 is 4.74 Å². The van der Waals surface area contributed by atoms with Crippen LogP contribution in [0.2, 0.25) is 0 Å². The molecule has 0 atom stereocenters. The van der Waals surface area contributed by atoms with E-state index in [4.69, 9.17) is 4.74 Å². The van der Waals surface area contributed by atoms with Crippen LogP contribution in [0.25, 0.3) is 0 Å². The van der Waals surface area contributed by atoms with Crippen LogP contribution in [0.1, 0.15) is 25.2 Å². The zero-order valence-electron chi connectivity index (χ0n) is 10.8. The molecule has 0 aliphatic heterocycles. The molecule has 1 aromatic carbocycles. The molecule has 0 spiro atoms. The molecule has 2 rings (SSSR count). The first kappa shape index (κ1) is 13.0. The van der Waals surface area contributed by atoms with Crippen LogP contribution in [0.15, 0.2) is 29.4 Å². The Labute approximate surface area is 111 Å². The highest BCUT2D eigenvalue weighted by atomic mass is 32.2. The molecule has 0 aliphatic carbocycles. The molecule has 1 heterocycles. The van der Waals surface area contributed by atoms with E-state index in [2.05, 4.69) is 27.3 Å². The average Bonchev–Trinajstić information content (AvgIpc) is 2.74. The summed E-state index contributed by atoms with van der Waals surface area (Å²) < 4.78 is 5.60. The van der Waals surface area contributed by atoms with E-state index in [-0.39, 0.29) is 6.10 Å². The first-order valence-electron chi connectivity index (χ1n) is 5.91. The molecular weight excluding hydrogens is 246 g/mol. The maximum atomic E-state index is 5.60. The fourth-order valence-corrected chi connectivity index (χ4v) is 2.27. The van der Waals surface area contributed by atoms with Crippen LogP contribution in [0.4, 0.5) is 0 Å². The second-order valence-electron chi connectivity index (χ2n) is 4.30. The van der Waals surface area contributed by atoms with Gasteiger partial charge in [-0.25, -0.2) is 4.98 Å². The molecular formula is C13H17N3OS. The Bertz CT molecular complexity index is 493. The zero-order valence-corrected chi connectivity index (χ0v) is 11.6. The van der Waals surface area contributed by atoms with Crippen molar-refractivity contribution in [2.45, 2.75) is 37.8 Å². The van der Waals surface area contributed by atoms with Gasteiger partial charge < -0.3 is 4.74 Å². The molecule has 0 amide bonds. The van der Waals surface area contributed by atoms with Crippen LogP contribution in [0.5, 0.6) is 5.75 Å². The third-order valence-corrected chi connectivity index (χ3v) is 3.16. The number of thioether (sulfide) groups is 1. The van der Waals surface area contributed by atoms with Gasteiger partial charge in [0.25, 0.3) is 0 Å². The molecule has 1 aromatic heterocycles. The Morgan fingerprint density at radius 1 is 1.28 bits per heavy atom. The Kier molecular flexibility index (Phi) is 4.25. The normalized spacial score (nSPS) is 10.9. The molecule has 0 unspecified atom stereocenters. The smallest absolute Gasteiger partial charge is 0.208 e. The van der Waals surface area contributed by atoms with Crippen LogP contribution in [-0.4, -0.2) is 21.3 Å². The molecule has 4 nitrogen and oxygen atoms in total. The van der Waals surface area contributed by atoms with E-state index in [9.17, 15) is 0 Å². The summed E-state index contributed by atoms with van der Waals surface area (Å²) in [7, 11) is 0. The largest absolute Gasteiger partial charge is 0.491 e. The van der Waals surface area contributed by atoms with Crippen molar-refractivity contribution in [1.82, 2.24) is 15.2 Å². The van der Waals surface area contributed by atoms with Crippen LogP contribution < -0.4 is 4.74 Å². The maximum absolute atomic E-state index is 5.60. The van der Waals surface area contributed by atoms with Gasteiger partial charge in [-0.1, -0.05) is 23.9 Å². The van der Waals surface area contributed by atoms with E-state index >= 15 is 0 Å². The number of aromatic nitrogens is 3. The van der Waals surface area contributed by atoms with Gasteiger partial charge in [0.2, 0.25) is 5.16 Å². The lowest BCUT2D eigenvalue weighted by Gasteiger charge is -2.09. The van der Waals surface area contributed by atoms with Gasteiger partial charge in [-0.2, -0.15) is 0 Å². The number of benzene rings is 1. The fraction of sp³-hybridized carbons (Fsp3) is 0.385. The van der Waals surface area contributed by atoms with Gasteiger partial charge in [0.05, 0.1) is 6.10 Å². The number of rotatable bonds is 5. The quantitative estimate of drug-likeness (QED) is 0.842. The zero-order chi connectivity index (χ0) is 13.0. The lowest BCUT2D eigenvalue weighted by Crippen LogP contribution is -2.05. The van der Waals surface area contributed by atoms with Gasteiger partial charge in [0.1, 0.15) is 11.6 Å². The third kappa shape index (κ3) is 3.77. The molecule has 2 aromatic rings.